The van der Waals surface area contributed by atoms with E-state index in [2.05, 4.69) is 59.3 Å². The third kappa shape index (κ3) is 4.12. The van der Waals surface area contributed by atoms with Crippen LogP contribution in [0.1, 0.15) is 17.2 Å². The van der Waals surface area contributed by atoms with Gasteiger partial charge in [0.15, 0.2) is 0 Å². The maximum Gasteiger partial charge on any atom is 0.118 e. The van der Waals surface area contributed by atoms with E-state index in [1.807, 2.05) is 12.1 Å². The molecule has 0 aromatic heterocycles. The molecule has 1 aliphatic rings. The second-order valence-corrected chi connectivity index (χ2v) is 6.32. The van der Waals surface area contributed by atoms with Crippen LogP contribution in [0.15, 0.2) is 54.6 Å². The Morgan fingerprint density at radius 3 is 2.43 bits per heavy atom. The second kappa shape index (κ2) is 7.62. The van der Waals surface area contributed by atoms with E-state index in [9.17, 15) is 0 Å². The molecule has 0 spiro atoms. The van der Waals surface area contributed by atoms with Crippen LogP contribution < -0.4 is 4.74 Å². The van der Waals surface area contributed by atoms with Crippen molar-refractivity contribution < 1.29 is 4.74 Å². The summed E-state index contributed by atoms with van der Waals surface area (Å²) < 4.78 is 5.23. The molecule has 1 atom stereocenters. The summed E-state index contributed by atoms with van der Waals surface area (Å²) in [5, 5.41) is 0. The SMILES string of the molecule is COc1ccc(CCN2CCN(C)CC2c2ccccc2)cc1. The first kappa shape index (κ1) is 16.0. The fourth-order valence-electron chi connectivity index (χ4n) is 3.28. The summed E-state index contributed by atoms with van der Waals surface area (Å²) in [5.74, 6) is 0.926. The lowest BCUT2D eigenvalue weighted by Gasteiger charge is -2.40. The van der Waals surface area contributed by atoms with Crippen molar-refractivity contribution in [1.29, 1.82) is 0 Å². The van der Waals surface area contributed by atoms with Crippen LogP contribution >= 0.6 is 0 Å². The molecular formula is C20H26N2O. The molecule has 2 aromatic rings. The lowest BCUT2D eigenvalue weighted by Crippen LogP contribution is -2.47. The predicted molar refractivity (Wildman–Crippen MR) is 95.0 cm³/mol. The number of benzene rings is 2. The lowest BCUT2D eigenvalue weighted by molar-refractivity contribution is 0.0910. The van der Waals surface area contributed by atoms with Gasteiger partial charge in [0.1, 0.15) is 5.75 Å². The number of hydrogen-bond acceptors (Lipinski definition) is 3. The molecule has 2 aromatic carbocycles. The van der Waals surface area contributed by atoms with E-state index in [-0.39, 0.29) is 0 Å². The van der Waals surface area contributed by atoms with Gasteiger partial charge in [-0.3, -0.25) is 4.90 Å². The molecule has 1 unspecified atom stereocenters. The molecule has 0 radical (unpaired) electrons. The van der Waals surface area contributed by atoms with Gasteiger partial charge in [0.2, 0.25) is 0 Å². The second-order valence-electron chi connectivity index (χ2n) is 6.32. The van der Waals surface area contributed by atoms with Crippen LogP contribution in [0.3, 0.4) is 0 Å². The van der Waals surface area contributed by atoms with Crippen molar-refractivity contribution >= 4 is 0 Å². The summed E-state index contributed by atoms with van der Waals surface area (Å²) in [7, 11) is 3.93. The predicted octanol–water partition coefficient (Wildman–Crippen LogP) is 3.23. The standard InChI is InChI=1S/C20H26N2O/c1-21-14-15-22(20(16-21)18-6-4-3-5-7-18)13-12-17-8-10-19(23-2)11-9-17/h3-11,20H,12-16H2,1-2H3. The molecule has 1 saturated heterocycles. The average molecular weight is 310 g/mol. The van der Waals surface area contributed by atoms with Crippen molar-refractivity contribution in [3.8, 4) is 5.75 Å². The molecule has 1 aliphatic heterocycles. The fraction of sp³-hybridized carbons (Fsp3) is 0.400. The van der Waals surface area contributed by atoms with Crippen LogP contribution in [0.5, 0.6) is 5.75 Å². The highest BCUT2D eigenvalue weighted by Gasteiger charge is 2.25. The summed E-state index contributed by atoms with van der Waals surface area (Å²) in [4.78, 5) is 5.06. The van der Waals surface area contributed by atoms with Crippen molar-refractivity contribution in [2.75, 3.05) is 40.3 Å². The number of hydrogen-bond donors (Lipinski definition) is 0. The number of likely N-dealkylation sites (N-methyl/N-ethyl adjacent to an activating group) is 1. The number of nitrogens with zero attached hydrogens (tertiary/aromatic N) is 2. The first-order valence-electron chi connectivity index (χ1n) is 8.37. The zero-order valence-electron chi connectivity index (χ0n) is 14.1. The number of ether oxygens (including phenoxy) is 1. The molecule has 0 bridgehead atoms. The molecule has 0 saturated carbocycles. The van der Waals surface area contributed by atoms with Gasteiger partial charge in [-0.1, -0.05) is 42.5 Å². The molecule has 23 heavy (non-hydrogen) atoms. The maximum absolute atomic E-state index is 5.23. The average Bonchev–Trinajstić information content (AvgIpc) is 2.62. The summed E-state index contributed by atoms with van der Waals surface area (Å²) >= 11 is 0. The van der Waals surface area contributed by atoms with Gasteiger partial charge in [-0.15, -0.1) is 0 Å². The Labute approximate surface area is 139 Å². The first-order valence-corrected chi connectivity index (χ1v) is 8.37. The summed E-state index contributed by atoms with van der Waals surface area (Å²) in [5.41, 5.74) is 2.80. The Hall–Kier alpha value is -1.84. The van der Waals surface area contributed by atoms with Crippen molar-refractivity contribution in [3.05, 3.63) is 65.7 Å². The molecule has 1 heterocycles. The van der Waals surface area contributed by atoms with Gasteiger partial charge < -0.3 is 9.64 Å². The van der Waals surface area contributed by atoms with E-state index in [0.29, 0.717) is 6.04 Å². The van der Waals surface area contributed by atoms with E-state index in [0.717, 1.165) is 38.3 Å². The molecular weight excluding hydrogens is 284 g/mol. The summed E-state index contributed by atoms with van der Waals surface area (Å²) in [6.07, 6.45) is 1.08. The Morgan fingerprint density at radius 2 is 1.74 bits per heavy atom. The minimum atomic E-state index is 0.494. The van der Waals surface area contributed by atoms with Crippen LogP contribution in [-0.4, -0.2) is 50.1 Å². The summed E-state index contributed by atoms with van der Waals surface area (Å²) in [6.45, 7) is 4.48. The lowest BCUT2D eigenvalue weighted by atomic mass is 10.0. The van der Waals surface area contributed by atoms with Crippen LogP contribution in [0.25, 0.3) is 0 Å². The van der Waals surface area contributed by atoms with E-state index in [1.54, 1.807) is 7.11 Å². The Kier molecular flexibility index (Phi) is 5.31. The Balaban J connectivity index is 1.66. The third-order valence-electron chi connectivity index (χ3n) is 4.73. The number of rotatable bonds is 5. The topological polar surface area (TPSA) is 15.7 Å². The molecule has 1 fully saturated rings. The van der Waals surface area contributed by atoms with E-state index >= 15 is 0 Å². The first-order chi connectivity index (χ1) is 11.3. The maximum atomic E-state index is 5.23. The number of methoxy groups -OCH3 is 1. The Morgan fingerprint density at radius 1 is 1.00 bits per heavy atom. The monoisotopic (exact) mass is 310 g/mol. The zero-order chi connectivity index (χ0) is 16.1. The highest BCUT2D eigenvalue weighted by atomic mass is 16.5. The van der Waals surface area contributed by atoms with Gasteiger partial charge in [-0.05, 0) is 36.7 Å². The van der Waals surface area contributed by atoms with Gasteiger partial charge in [0, 0.05) is 32.2 Å². The van der Waals surface area contributed by atoms with Crippen molar-refractivity contribution in [3.63, 3.8) is 0 Å². The highest BCUT2D eigenvalue weighted by molar-refractivity contribution is 5.27. The normalized spacial score (nSPS) is 19.7. The van der Waals surface area contributed by atoms with Gasteiger partial charge >= 0.3 is 0 Å². The van der Waals surface area contributed by atoms with Gasteiger partial charge in [-0.2, -0.15) is 0 Å². The molecule has 0 aliphatic carbocycles. The van der Waals surface area contributed by atoms with Crippen molar-refractivity contribution in [1.82, 2.24) is 9.80 Å². The zero-order valence-corrected chi connectivity index (χ0v) is 14.1. The van der Waals surface area contributed by atoms with E-state index in [4.69, 9.17) is 4.74 Å². The van der Waals surface area contributed by atoms with E-state index < -0.39 is 0 Å². The largest absolute Gasteiger partial charge is 0.497 e. The number of piperazine rings is 1. The van der Waals surface area contributed by atoms with Gasteiger partial charge in [-0.25, -0.2) is 0 Å². The molecule has 3 nitrogen and oxygen atoms in total. The van der Waals surface area contributed by atoms with E-state index in [1.165, 1.54) is 11.1 Å². The van der Waals surface area contributed by atoms with Crippen LogP contribution in [0, 0.1) is 0 Å². The molecule has 122 valence electrons. The fourth-order valence-corrected chi connectivity index (χ4v) is 3.28. The Bertz CT molecular complexity index is 597. The third-order valence-corrected chi connectivity index (χ3v) is 4.73. The van der Waals surface area contributed by atoms with Gasteiger partial charge in [0.25, 0.3) is 0 Å². The summed E-state index contributed by atoms with van der Waals surface area (Å²) in [6, 6.07) is 19.8. The van der Waals surface area contributed by atoms with Crippen LogP contribution in [0.2, 0.25) is 0 Å². The van der Waals surface area contributed by atoms with Gasteiger partial charge in [0.05, 0.1) is 7.11 Å². The molecule has 0 amide bonds. The van der Waals surface area contributed by atoms with Crippen LogP contribution in [-0.2, 0) is 6.42 Å². The minimum absolute atomic E-state index is 0.494. The smallest absolute Gasteiger partial charge is 0.118 e. The van der Waals surface area contributed by atoms with Crippen molar-refractivity contribution in [2.24, 2.45) is 0 Å². The molecule has 3 heteroatoms. The minimum Gasteiger partial charge on any atom is -0.497 e. The van der Waals surface area contributed by atoms with Crippen LogP contribution in [0.4, 0.5) is 0 Å². The highest BCUT2D eigenvalue weighted by Crippen LogP contribution is 2.25. The van der Waals surface area contributed by atoms with Crippen molar-refractivity contribution in [2.45, 2.75) is 12.5 Å². The molecule has 3 rings (SSSR count). The molecule has 0 N–H and O–H groups in total. The quantitative estimate of drug-likeness (QED) is 0.843.